The van der Waals surface area contributed by atoms with E-state index in [1.807, 2.05) is 11.0 Å². The molecule has 2 aliphatic rings. The van der Waals surface area contributed by atoms with E-state index in [1.165, 1.54) is 23.2 Å². The number of likely N-dealkylation sites (tertiary alicyclic amines) is 1. The minimum Gasteiger partial charge on any atom is -0.465 e. The van der Waals surface area contributed by atoms with Gasteiger partial charge >= 0.3 is 12.1 Å². The minimum atomic E-state index is -1.15. The van der Waals surface area contributed by atoms with Crippen LogP contribution in [0.3, 0.4) is 0 Å². The molecule has 0 radical (unpaired) electrons. The number of carboxylic acid groups (broad SMARTS) is 1. The molecule has 1 N–H and O–H groups in total. The summed E-state index contributed by atoms with van der Waals surface area (Å²) in [7, 11) is 1.81. The summed E-state index contributed by atoms with van der Waals surface area (Å²) in [4.78, 5) is 29.9. The average molecular weight is 626 g/mol. The molecule has 14 heteroatoms. The zero-order valence-electron chi connectivity index (χ0n) is 23.6. The van der Waals surface area contributed by atoms with Crippen LogP contribution < -0.4 is 9.64 Å². The number of nitriles is 1. The minimum absolute atomic E-state index is 0.0436. The summed E-state index contributed by atoms with van der Waals surface area (Å²) in [5, 5.41) is 19.9. The molecule has 2 aliphatic heterocycles. The predicted molar refractivity (Wildman–Crippen MR) is 158 cm³/mol. The van der Waals surface area contributed by atoms with Crippen LogP contribution in [-0.4, -0.2) is 94.5 Å². The van der Waals surface area contributed by atoms with E-state index in [0.29, 0.717) is 11.9 Å². The Morgan fingerprint density at radius 3 is 2.73 bits per heavy atom. The van der Waals surface area contributed by atoms with Crippen molar-refractivity contribution in [2.45, 2.75) is 18.6 Å². The van der Waals surface area contributed by atoms with E-state index < -0.39 is 35.9 Å². The summed E-state index contributed by atoms with van der Waals surface area (Å²) < 4.78 is 51.3. The smallest absolute Gasteiger partial charge is 0.407 e. The van der Waals surface area contributed by atoms with Crippen LogP contribution in [0.1, 0.15) is 6.42 Å². The van der Waals surface area contributed by atoms with Crippen LogP contribution in [0.5, 0.6) is 6.01 Å². The number of piperazine rings is 1. The van der Waals surface area contributed by atoms with Crippen LogP contribution in [0.4, 0.5) is 23.8 Å². The molecule has 1 amide bonds. The Morgan fingerprint density at radius 1 is 1.18 bits per heavy atom. The van der Waals surface area contributed by atoms with Gasteiger partial charge < -0.3 is 24.5 Å². The number of rotatable bonds is 6. The Hall–Kier alpha value is -4.41. The molecule has 10 nitrogen and oxygen atoms in total. The fourth-order valence-corrected chi connectivity index (χ4v) is 6.25. The molecular formula is C30H27ClF3N7O3. The number of hydrogen-bond acceptors (Lipinski definition) is 8. The van der Waals surface area contributed by atoms with Gasteiger partial charge in [0.15, 0.2) is 5.82 Å². The second-order valence-electron chi connectivity index (χ2n) is 11.0. The second kappa shape index (κ2) is 11.9. The zero-order chi connectivity index (χ0) is 31.1. The number of alkyl halides is 1. The molecule has 0 saturated carbocycles. The highest BCUT2D eigenvalue weighted by atomic mass is 35.5. The number of hydrogen-bond donors (Lipinski definition) is 1. The molecule has 6 rings (SSSR count). The molecule has 4 heterocycles. The van der Waals surface area contributed by atoms with Crippen LogP contribution >= 0.6 is 11.6 Å². The van der Waals surface area contributed by atoms with E-state index in [4.69, 9.17) is 16.3 Å². The summed E-state index contributed by atoms with van der Waals surface area (Å²) >= 11 is 6.32. The Morgan fingerprint density at radius 2 is 2.00 bits per heavy atom. The van der Waals surface area contributed by atoms with Crippen LogP contribution in [0, 0.1) is 28.9 Å². The Labute approximate surface area is 255 Å². The number of aromatic nitrogens is 3. The lowest BCUT2D eigenvalue weighted by Gasteiger charge is -2.39. The highest BCUT2D eigenvalue weighted by Gasteiger charge is 2.34. The van der Waals surface area contributed by atoms with E-state index in [0.717, 1.165) is 0 Å². The highest BCUT2D eigenvalue weighted by molar-refractivity contribution is 6.36. The first-order valence-corrected chi connectivity index (χ1v) is 14.3. The maximum absolute atomic E-state index is 16.5. The van der Waals surface area contributed by atoms with Crippen molar-refractivity contribution in [1.29, 1.82) is 5.26 Å². The third kappa shape index (κ3) is 5.39. The molecule has 0 aliphatic carbocycles. The largest absolute Gasteiger partial charge is 0.465 e. The first kappa shape index (κ1) is 29.7. The average Bonchev–Trinajstić information content (AvgIpc) is 3.34. The number of anilines is 1. The van der Waals surface area contributed by atoms with E-state index in [-0.39, 0.29) is 83.6 Å². The predicted octanol–water partition coefficient (Wildman–Crippen LogP) is 5.14. The first-order chi connectivity index (χ1) is 21.2. The molecule has 44 heavy (non-hydrogen) atoms. The van der Waals surface area contributed by atoms with Gasteiger partial charge in [0, 0.05) is 55.8 Å². The van der Waals surface area contributed by atoms with Crippen molar-refractivity contribution in [2.24, 2.45) is 5.92 Å². The van der Waals surface area contributed by atoms with Crippen LogP contribution in [0.15, 0.2) is 36.5 Å². The Bertz CT molecular complexity index is 1810. The van der Waals surface area contributed by atoms with E-state index in [9.17, 15) is 23.9 Å². The van der Waals surface area contributed by atoms with E-state index in [2.05, 4.69) is 15.0 Å². The fourth-order valence-electron chi connectivity index (χ4n) is 5.98. The van der Waals surface area contributed by atoms with E-state index in [1.54, 1.807) is 30.1 Å². The van der Waals surface area contributed by atoms with Gasteiger partial charge in [-0.05, 0) is 18.5 Å². The quantitative estimate of drug-likeness (QED) is 0.311. The van der Waals surface area contributed by atoms with E-state index >= 15 is 4.39 Å². The summed E-state index contributed by atoms with van der Waals surface area (Å²) in [6.45, 7) is 1.07. The van der Waals surface area contributed by atoms with Gasteiger partial charge in [-0.25, -0.2) is 18.0 Å². The zero-order valence-corrected chi connectivity index (χ0v) is 24.3. The monoisotopic (exact) mass is 625 g/mol. The Kier molecular flexibility index (Phi) is 8.04. The van der Waals surface area contributed by atoms with Gasteiger partial charge in [0.05, 0.1) is 35.5 Å². The molecule has 4 aromatic rings. The number of amides is 1. The van der Waals surface area contributed by atoms with Gasteiger partial charge in [-0.15, -0.1) is 0 Å². The van der Waals surface area contributed by atoms with Crippen molar-refractivity contribution < 1.29 is 27.8 Å². The first-order valence-electron chi connectivity index (χ1n) is 14.0. The molecule has 3 atom stereocenters. The van der Waals surface area contributed by atoms with Crippen LogP contribution in [-0.2, 0) is 0 Å². The second-order valence-corrected chi connectivity index (χ2v) is 11.4. The van der Waals surface area contributed by atoms with Gasteiger partial charge in [-0.2, -0.15) is 15.2 Å². The number of carbonyl (C=O) groups is 1. The highest BCUT2D eigenvalue weighted by Crippen LogP contribution is 2.38. The van der Waals surface area contributed by atoms with Crippen molar-refractivity contribution in [3.05, 3.63) is 53.2 Å². The van der Waals surface area contributed by atoms with Gasteiger partial charge in [0.2, 0.25) is 0 Å². The standard InChI is InChI=1S/C30H27ClF3N7O3/c1-39-12-17(22(33)14-39)15-44-29-37-27-20(28(38-29)40-9-10-41(30(42)43)18(13-40)7-8-35)11-36-26(25(27)34)19-4-2-3-16-5-6-21(32)24(31)23(16)19/h2-6,11,17-18,22H,7,9-10,12-15H2,1H3,(H,42,43)/t17-,18+,22-/m1/s1. The SMILES string of the molecule is CN1C[C@H](COc2nc(N3CCN(C(=O)O)[C@@H](CC#N)C3)c3cnc(-c4cccc5ccc(F)c(Cl)c45)c(F)c3n2)[C@H](F)C1. The van der Waals surface area contributed by atoms with Gasteiger partial charge in [0.1, 0.15) is 29.0 Å². The van der Waals surface area contributed by atoms with Crippen molar-refractivity contribution in [3.8, 4) is 23.3 Å². The summed E-state index contributed by atoms with van der Waals surface area (Å²) in [6.07, 6.45) is -0.922. The normalized spacial score (nSPS) is 20.8. The lowest BCUT2D eigenvalue weighted by Crippen LogP contribution is -2.55. The maximum atomic E-state index is 16.5. The van der Waals surface area contributed by atoms with Crippen molar-refractivity contribution in [3.63, 3.8) is 0 Å². The summed E-state index contributed by atoms with van der Waals surface area (Å²) in [5.74, 6) is -1.69. The maximum Gasteiger partial charge on any atom is 0.407 e. The summed E-state index contributed by atoms with van der Waals surface area (Å²) in [6, 6.07) is 8.93. The van der Waals surface area contributed by atoms with Crippen LogP contribution in [0.2, 0.25) is 5.02 Å². The molecule has 2 aromatic heterocycles. The molecule has 2 saturated heterocycles. The van der Waals surface area contributed by atoms with Crippen LogP contribution in [0.25, 0.3) is 32.9 Å². The third-order valence-corrected chi connectivity index (χ3v) is 8.53. The van der Waals surface area contributed by atoms with Crippen molar-refractivity contribution in [1.82, 2.24) is 24.8 Å². The number of halogens is 4. The number of fused-ring (bicyclic) bond motifs is 2. The van der Waals surface area contributed by atoms with Gasteiger partial charge in [-0.3, -0.25) is 4.98 Å². The Balaban J connectivity index is 1.47. The number of pyridine rings is 1. The van der Waals surface area contributed by atoms with Crippen molar-refractivity contribution in [2.75, 3.05) is 51.3 Å². The third-order valence-electron chi connectivity index (χ3n) is 8.16. The van der Waals surface area contributed by atoms with Gasteiger partial charge in [-0.1, -0.05) is 35.9 Å². The summed E-state index contributed by atoms with van der Waals surface area (Å²) in [5.41, 5.74) is -0.00434. The molecular weight excluding hydrogens is 599 g/mol. The number of ether oxygens (including phenoxy) is 1. The topological polar surface area (TPSA) is 119 Å². The molecule has 0 unspecified atom stereocenters. The molecule has 228 valence electrons. The molecule has 0 bridgehead atoms. The fraction of sp³-hybridized carbons (Fsp3) is 0.367. The molecule has 2 aromatic carbocycles. The molecule has 0 spiro atoms. The lowest BCUT2D eigenvalue weighted by molar-refractivity contribution is 0.119. The van der Waals surface area contributed by atoms with Gasteiger partial charge in [0.25, 0.3) is 0 Å². The van der Waals surface area contributed by atoms with Crippen molar-refractivity contribution >= 4 is 45.2 Å². The lowest BCUT2D eigenvalue weighted by atomic mass is 10.0. The molecule has 2 fully saturated rings. The number of benzene rings is 2. The number of nitrogens with zero attached hydrogens (tertiary/aromatic N) is 7.